The van der Waals surface area contributed by atoms with Crippen LogP contribution in [0.15, 0.2) is 6.33 Å². The van der Waals surface area contributed by atoms with E-state index in [1.807, 2.05) is 12.1 Å². The molecule has 5 heteroatoms. The summed E-state index contributed by atoms with van der Waals surface area (Å²) < 4.78 is 1.64. The lowest BCUT2D eigenvalue weighted by Gasteiger charge is -1.99. The highest BCUT2D eigenvalue weighted by atomic mass is 35.5. The van der Waals surface area contributed by atoms with Crippen LogP contribution in [0.5, 0.6) is 0 Å². The first-order chi connectivity index (χ1) is 6.33. The van der Waals surface area contributed by atoms with Gasteiger partial charge < -0.3 is 4.57 Å². The first kappa shape index (κ1) is 9.57. The minimum absolute atomic E-state index is 0.178. The predicted molar refractivity (Wildman–Crippen MR) is 47.0 cm³/mol. The molecule has 4 nitrogen and oxygen atoms in total. The van der Waals surface area contributed by atoms with Gasteiger partial charge in [0.2, 0.25) is 0 Å². The van der Waals surface area contributed by atoms with Crippen molar-refractivity contribution >= 4 is 11.6 Å². The summed E-state index contributed by atoms with van der Waals surface area (Å²) in [5, 5.41) is 17.3. The molecule has 0 N–H and O–H groups in total. The maximum atomic E-state index is 8.72. The number of rotatable bonds is 3. The van der Waals surface area contributed by atoms with E-state index in [1.165, 1.54) is 6.33 Å². The van der Waals surface area contributed by atoms with Gasteiger partial charge in [-0.05, 0) is 6.42 Å². The minimum Gasteiger partial charge on any atom is -0.321 e. The van der Waals surface area contributed by atoms with Gasteiger partial charge in [0.15, 0.2) is 11.4 Å². The molecular formula is C8H7ClN4. The smallest absolute Gasteiger partial charge is 0.176 e. The Morgan fingerprint density at radius 1 is 1.46 bits per heavy atom. The van der Waals surface area contributed by atoms with Crippen LogP contribution in [0.1, 0.15) is 17.8 Å². The third-order valence-corrected chi connectivity index (χ3v) is 1.85. The van der Waals surface area contributed by atoms with Gasteiger partial charge in [0.1, 0.15) is 12.1 Å². The van der Waals surface area contributed by atoms with Crippen LogP contribution in [0.25, 0.3) is 0 Å². The van der Waals surface area contributed by atoms with E-state index in [0.717, 1.165) is 6.42 Å². The second kappa shape index (κ2) is 4.49. The number of nitrogens with zero attached hydrogens (tertiary/aromatic N) is 4. The number of nitriles is 2. The highest BCUT2D eigenvalue weighted by Gasteiger charge is 2.08. The van der Waals surface area contributed by atoms with E-state index in [1.54, 1.807) is 4.57 Å². The molecule has 0 bridgehead atoms. The van der Waals surface area contributed by atoms with Crippen LogP contribution in [-0.4, -0.2) is 15.4 Å². The molecular weight excluding hydrogens is 188 g/mol. The van der Waals surface area contributed by atoms with Crippen molar-refractivity contribution in [2.45, 2.75) is 13.0 Å². The van der Waals surface area contributed by atoms with E-state index in [0.29, 0.717) is 18.1 Å². The molecule has 0 spiro atoms. The van der Waals surface area contributed by atoms with Gasteiger partial charge in [-0.15, -0.1) is 11.6 Å². The van der Waals surface area contributed by atoms with Crippen LogP contribution in [0.4, 0.5) is 0 Å². The Kier molecular flexibility index (Phi) is 3.31. The molecule has 0 aliphatic carbocycles. The molecule has 0 radical (unpaired) electrons. The standard InChI is InChI=1S/C8H7ClN4/c9-2-1-3-13-6-12-7(4-10)8(13)5-11/h6H,1-3H2. The normalized spacial score (nSPS) is 9.15. The maximum absolute atomic E-state index is 8.72. The van der Waals surface area contributed by atoms with Crippen molar-refractivity contribution in [3.05, 3.63) is 17.7 Å². The zero-order chi connectivity index (χ0) is 9.68. The fourth-order valence-corrected chi connectivity index (χ4v) is 1.10. The number of aromatic nitrogens is 2. The molecule has 0 fully saturated rings. The van der Waals surface area contributed by atoms with Crippen LogP contribution in [0, 0.1) is 22.7 Å². The molecule has 0 amide bonds. The molecule has 0 unspecified atom stereocenters. The highest BCUT2D eigenvalue weighted by Crippen LogP contribution is 2.05. The van der Waals surface area contributed by atoms with Gasteiger partial charge in [-0.2, -0.15) is 10.5 Å². The monoisotopic (exact) mass is 194 g/mol. The van der Waals surface area contributed by atoms with E-state index < -0.39 is 0 Å². The lowest BCUT2D eigenvalue weighted by Crippen LogP contribution is -2.00. The maximum Gasteiger partial charge on any atom is 0.176 e. The number of hydrogen-bond acceptors (Lipinski definition) is 3. The van der Waals surface area contributed by atoms with Crippen molar-refractivity contribution < 1.29 is 0 Å². The second-order valence-electron chi connectivity index (χ2n) is 2.40. The molecule has 0 aliphatic rings. The van der Waals surface area contributed by atoms with Crippen molar-refractivity contribution in [3.8, 4) is 12.1 Å². The van der Waals surface area contributed by atoms with E-state index in [-0.39, 0.29) is 5.69 Å². The third-order valence-electron chi connectivity index (χ3n) is 1.58. The second-order valence-corrected chi connectivity index (χ2v) is 2.78. The highest BCUT2D eigenvalue weighted by molar-refractivity contribution is 6.17. The number of imidazole rings is 1. The number of aryl methyl sites for hydroxylation is 1. The summed E-state index contributed by atoms with van der Waals surface area (Å²) in [6.07, 6.45) is 2.25. The fourth-order valence-electron chi connectivity index (χ4n) is 0.981. The lowest BCUT2D eigenvalue weighted by molar-refractivity contribution is 0.674. The number of hydrogen-bond donors (Lipinski definition) is 0. The summed E-state index contributed by atoms with van der Waals surface area (Å²) in [4.78, 5) is 3.79. The Balaban J connectivity index is 2.91. The van der Waals surface area contributed by atoms with Crippen molar-refractivity contribution in [1.29, 1.82) is 10.5 Å². The van der Waals surface area contributed by atoms with E-state index in [2.05, 4.69) is 4.98 Å². The summed E-state index contributed by atoms with van der Waals surface area (Å²) in [6, 6.07) is 3.79. The van der Waals surface area contributed by atoms with Crippen molar-refractivity contribution in [2.24, 2.45) is 0 Å². The van der Waals surface area contributed by atoms with Crippen molar-refractivity contribution in [1.82, 2.24) is 9.55 Å². The van der Waals surface area contributed by atoms with Crippen LogP contribution < -0.4 is 0 Å². The van der Waals surface area contributed by atoms with Crippen molar-refractivity contribution in [2.75, 3.05) is 5.88 Å². The molecule has 0 atom stereocenters. The molecule has 0 saturated heterocycles. The summed E-state index contributed by atoms with van der Waals surface area (Å²) in [6.45, 7) is 0.626. The Hall–Kier alpha value is -1.52. The zero-order valence-corrected chi connectivity index (χ0v) is 7.62. The number of halogens is 1. The lowest BCUT2D eigenvalue weighted by atomic mass is 10.3. The summed E-state index contributed by atoms with van der Waals surface area (Å²) in [7, 11) is 0. The topological polar surface area (TPSA) is 65.4 Å². The molecule has 66 valence electrons. The van der Waals surface area contributed by atoms with Gasteiger partial charge in [0, 0.05) is 12.4 Å². The van der Waals surface area contributed by atoms with Crippen molar-refractivity contribution in [3.63, 3.8) is 0 Å². The van der Waals surface area contributed by atoms with Gasteiger partial charge >= 0.3 is 0 Å². The van der Waals surface area contributed by atoms with Crippen LogP contribution in [0.3, 0.4) is 0 Å². The van der Waals surface area contributed by atoms with Gasteiger partial charge in [-0.1, -0.05) is 0 Å². The quantitative estimate of drug-likeness (QED) is 0.681. The molecule has 0 aliphatic heterocycles. The molecule has 1 aromatic heterocycles. The zero-order valence-electron chi connectivity index (χ0n) is 6.87. The molecule has 1 aromatic rings. The SMILES string of the molecule is N#Cc1ncn(CCCCl)c1C#N. The Labute approximate surface area is 81.0 Å². The Morgan fingerprint density at radius 3 is 2.77 bits per heavy atom. The Morgan fingerprint density at radius 2 is 2.23 bits per heavy atom. The molecule has 1 heterocycles. The Bertz CT molecular complexity index is 368. The van der Waals surface area contributed by atoms with Gasteiger partial charge in [-0.3, -0.25) is 0 Å². The van der Waals surface area contributed by atoms with Gasteiger partial charge in [0.05, 0.1) is 6.33 Å². The summed E-state index contributed by atoms with van der Waals surface area (Å²) >= 11 is 5.51. The van der Waals surface area contributed by atoms with Gasteiger partial charge in [0.25, 0.3) is 0 Å². The third kappa shape index (κ3) is 1.99. The van der Waals surface area contributed by atoms with Crippen LogP contribution in [0.2, 0.25) is 0 Å². The molecule has 0 saturated carbocycles. The minimum atomic E-state index is 0.178. The molecule has 1 rings (SSSR count). The summed E-state index contributed by atoms with van der Waals surface area (Å²) in [5.41, 5.74) is 0.490. The first-order valence-corrected chi connectivity index (χ1v) is 4.28. The first-order valence-electron chi connectivity index (χ1n) is 3.74. The average molecular weight is 195 g/mol. The van der Waals surface area contributed by atoms with Crippen LogP contribution >= 0.6 is 11.6 Å². The predicted octanol–water partition coefficient (Wildman–Crippen LogP) is 1.26. The fraction of sp³-hybridized carbons (Fsp3) is 0.375. The van der Waals surface area contributed by atoms with E-state index >= 15 is 0 Å². The average Bonchev–Trinajstić information content (AvgIpc) is 2.56. The van der Waals surface area contributed by atoms with Gasteiger partial charge in [-0.25, -0.2) is 4.98 Å². The molecule has 13 heavy (non-hydrogen) atoms. The summed E-state index contributed by atoms with van der Waals surface area (Å²) in [5.74, 6) is 0.533. The van der Waals surface area contributed by atoms with E-state index in [9.17, 15) is 0 Å². The molecule has 0 aromatic carbocycles. The van der Waals surface area contributed by atoms with E-state index in [4.69, 9.17) is 22.1 Å². The number of alkyl halides is 1. The van der Waals surface area contributed by atoms with Crippen LogP contribution in [-0.2, 0) is 6.54 Å². The largest absolute Gasteiger partial charge is 0.321 e.